The SMILES string of the molecule is c1ccc(Nc2nccc(NCCOc3ccccc3)n2)cc1. The molecule has 5 nitrogen and oxygen atoms in total. The molecule has 1 heterocycles. The third-order valence-electron chi connectivity index (χ3n) is 3.11. The number of benzene rings is 2. The zero-order valence-electron chi connectivity index (χ0n) is 12.6. The Hall–Kier alpha value is -3.08. The Labute approximate surface area is 135 Å². The molecule has 0 aliphatic rings. The lowest BCUT2D eigenvalue weighted by Gasteiger charge is -2.09. The second-order valence-corrected chi connectivity index (χ2v) is 4.84. The van der Waals surface area contributed by atoms with Gasteiger partial charge >= 0.3 is 0 Å². The summed E-state index contributed by atoms with van der Waals surface area (Å²) in [6.45, 7) is 1.23. The Morgan fingerprint density at radius 1 is 0.870 bits per heavy atom. The largest absolute Gasteiger partial charge is 0.492 e. The van der Waals surface area contributed by atoms with E-state index in [1.807, 2.05) is 66.7 Å². The molecular weight excluding hydrogens is 288 g/mol. The van der Waals surface area contributed by atoms with Crippen LogP contribution in [0.2, 0.25) is 0 Å². The summed E-state index contributed by atoms with van der Waals surface area (Å²) in [6, 6.07) is 21.4. The first-order valence-electron chi connectivity index (χ1n) is 7.47. The molecule has 0 unspecified atom stereocenters. The van der Waals surface area contributed by atoms with Crippen LogP contribution in [0.3, 0.4) is 0 Å². The number of para-hydroxylation sites is 2. The van der Waals surface area contributed by atoms with Crippen LogP contribution < -0.4 is 15.4 Å². The highest BCUT2D eigenvalue weighted by atomic mass is 16.5. The molecule has 0 saturated heterocycles. The lowest BCUT2D eigenvalue weighted by atomic mass is 10.3. The van der Waals surface area contributed by atoms with Crippen LogP contribution in [0.4, 0.5) is 17.5 Å². The smallest absolute Gasteiger partial charge is 0.229 e. The van der Waals surface area contributed by atoms with Gasteiger partial charge in [0.2, 0.25) is 5.95 Å². The fourth-order valence-corrected chi connectivity index (χ4v) is 2.03. The summed E-state index contributed by atoms with van der Waals surface area (Å²) in [5.41, 5.74) is 0.956. The van der Waals surface area contributed by atoms with Crippen molar-refractivity contribution in [3.8, 4) is 5.75 Å². The minimum absolute atomic E-state index is 0.560. The summed E-state index contributed by atoms with van der Waals surface area (Å²) < 4.78 is 5.63. The van der Waals surface area contributed by atoms with E-state index >= 15 is 0 Å². The van der Waals surface area contributed by atoms with Crippen LogP contribution in [-0.4, -0.2) is 23.1 Å². The molecular formula is C18H18N4O. The van der Waals surface area contributed by atoms with Gasteiger partial charge in [-0.25, -0.2) is 4.98 Å². The van der Waals surface area contributed by atoms with Crippen LogP contribution in [-0.2, 0) is 0 Å². The van der Waals surface area contributed by atoms with Crippen molar-refractivity contribution in [1.82, 2.24) is 9.97 Å². The predicted octanol–water partition coefficient (Wildman–Crippen LogP) is 3.71. The average molecular weight is 306 g/mol. The highest BCUT2D eigenvalue weighted by molar-refractivity contribution is 5.54. The number of rotatable bonds is 7. The minimum Gasteiger partial charge on any atom is -0.492 e. The zero-order chi connectivity index (χ0) is 15.7. The Morgan fingerprint density at radius 2 is 1.61 bits per heavy atom. The van der Waals surface area contributed by atoms with E-state index in [1.165, 1.54) is 0 Å². The normalized spacial score (nSPS) is 10.1. The molecule has 1 aromatic heterocycles. The molecule has 2 N–H and O–H groups in total. The topological polar surface area (TPSA) is 59.1 Å². The van der Waals surface area contributed by atoms with Gasteiger partial charge in [0, 0.05) is 11.9 Å². The molecule has 5 heteroatoms. The summed E-state index contributed by atoms with van der Waals surface area (Å²) in [7, 11) is 0. The van der Waals surface area contributed by atoms with E-state index in [0.717, 1.165) is 17.3 Å². The van der Waals surface area contributed by atoms with Crippen molar-refractivity contribution in [3.05, 3.63) is 72.9 Å². The highest BCUT2D eigenvalue weighted by Gasteiger charge is 2.00. The van der Waals surface area contributed by atoms with Crippen LogP contribution in [0, 0.1) is 0 Å². The highest BCUT2D eigenvalue weighted by Crippen LogP contribution is 2.13. The van der Waals surface area contributed by atoms with Crippen LogP contribution in [0.1, 0.15) is 0 Å². The van der Waals surface area contributed by atoms with Crippen LogP contribution >= 0.6 is 0 Å². The Balaban J connectivity index is 1.49. The molecule has 0 aliphatic carbocycles. The second-order valence-electron chi connectivity index (χ2n) is 4.84. The van der Waals surface area contributed by atoms with Gasteiger partial charge in [-0.1, -0.05) is 36.4 Å². The molecule has 0 aliphatic heterocycles. The Bertz CT molecular complexity index is 719. The van der Waals surface area contributed by atoms with E-state index in [1.54, 1.807) is 6.20 Å². The second kappa shape index (κ2) is 7.79. The number of anilines is 3. The summed E-state index contributed by atoms with van der Waals surface area (Å²) in [4.78, 5) is 8.64. The number of nitrogens with zero attached hydrogens (tertiary/aromatic N) is 2. The van der Waals surface area contributed by atoms with Crippen molar-refractivity contribution < 1.29 is 4.74 Å². The summed E-state index contributed by atoms with van der Waals surface area (Å²) in [5.74, 6) is 2.18. The van der Waals surface area contributed by atoms with Crippen molar-refractivity contribution in [1.29, 1.82) is 0 Å². The van der Waals surface area contributed by atoms with E-state index in [0.29, 0.717) is 19.1 Å². The standard InChI is InChI=1S/C18H18N4O/c1-3-7-15(8-4-1)21-18-20-12-11-17(22-18)19-13-14-23-16-9-5-2-6-10-16/h1-12H,13-14H2,(H2,19,20,21,22). The van der Waals surface area contributed by atoms with Gasteiger partial charge in [0.1, 0.15) is 18.2 Å². The summed E-state index contributed by atoms with van der Waals surface area (Å²) >= 11 is 0. The molecule has 0 amide bonds. The van der Waals surface area contributed by atoms with Crippen LogP contribution in [0.15, 0.2) is 72.9 Å². The van der Waals surface area contributed by atoms with Crippen LogP contribution in [0.25, 0.3) is 0 Å². The van der Waals surface area contributed by atoms with Gasteiger partial charge in [-0.2, -0.15) is 4.98 Å². The molecule has 0 spiro atoms. The molecule has 0 fully saturated rings. The molecule has 0 atom stereocenters. The molecule has 2 aromatic carbocycles. The van der Waals surface area contributed by atoms with Crippen molar-refractivity contribution >= 4 is 17.5 Å². The lowest BCUT2D eigenvalue weighted by molar-refractivity contribution is 0.333. The third-order valence-corrected chi connectivity index (χ3v) is 3.11. The van der Waals surface area contributed by atoms with Gasteiger partial charge in [-0.05, 0) is 30.3 Å². The van der Waals surface area contributed by atoms with Gasteiger partial charge in [-0.15, -0.1) is 0 Å². The van der Waals surface area contributed by atoms with E-state index in [9.17, 15) is 0 Å². The van der Waals surface area contributed by atoms with E-state index in [-0.39, 0.29) is 0 Å². The quantitative estimate of drug-likeness (QED) is 0.652. The van der Waals surface area contributed by atoms with Crippen molar-refractivity contribution in [2.75, 3.05) is 23.8 Å². The molecule has 116 valence electrons. The molecule has 23 heavy (non-hydrogen) atoms. The molecule has 0 radical (unpaired) electrons. The van der Waals surface area contributed by atoms with E-state index in [2.05, 4.69) is 20.6 Å². The fourth-order valence-electron chi connectivity index (χ4n) is 2.03. The molecule has 3 aromatic rings. The minimum atomic E-state index is 0.560. The van der Waals surface area contributed by atoms with E-state index in [4.69, 9.17) is 4.74 Å². The number of ether oxygens (including phenoxy) is 1. The van der Waals surface area contributed by atoms with Crippen molar-refractivity contribution in [2.24, 2.45) is 0 Å². The maximum absolute atomic E-state index is 5.63. The van der Waals surface area contributed by atoms with Gasteiger partial charge in [0.05, 0.1) is 6.54 Å². The predicted molar refractivity (Wildman–Crippen MR) is 92.2 cm³/mol. The van der Waals surface area contributed by atoms with E-state index < -0.39 is 0 Å². The molecule has 0 saturated carbocycles. The maximum atomic E-state index is 5.63. The average Bonchev–Trinajstić information content (AvgIpc) is 2.61. The molecule has 0 bridgehead atoms. The Kier molecular flexibility index (Phi) is 5.03. The summed E-state index contributed by atoms with van der Waals surface area (Å²) in [5, 5.41) is 6.39. The molecule has 3 rings (SSSR count). The number of hydrogen-bond donors (Lipinski definition) is 2. The zero-order valence-corrected chi connectivity index (χ0v) is 12.6. The maximum Gasteiger partial charge on any atom is 0.229 e. The van der Waals surface area contributed by atoms with Crippen LogP contribution in [0.5, 0.6) is 5.75 Å². The number of nitrogens with one attached hydrogen (secondary N) is 2. The van der Waals surface area contributed by atoms with Gasteiger partial charge in [0.15, 0.2) is 0 Å². The third kappa shape index (κ3) is 4.71. The first-order valence-corrected chi connectivity index (χ1v) is 7.47. The Morgan fingerprint density at radius 3 is 2.39 bits per heavy atom. The summed E-state index contributed by atoms with van der Waals surface area (Å²) in [6.07, 6.45) is 1.72. The number of hydrogen-bond acceptors (Lipinski definition) is 5. The van der Waals surface area contributed by atoms with Crippen molar-refractivity contribution in [3.63, 3.8) is 0 Å². The van der Waals surface area contributed by atoms with Crippen molar-refractivity contribution in [2.45, 2.75) is 0 Å². The fraction of sp³-hybridized carbons (Fsp3) is 0.111. The lowest BCUT2D eigenvalue weighted by Crippen LogP contribution is -2.12. The monoisotopic (exact) mass is 306 g/mol. The first-order chi connectivity index (χ1) is 11.4. The number of aromatic nitrogens is 2. The van der Waals surface area contributed by atoms with Gasteiger partial charge in [-0.3, -0.25) is 0 Å². The van der Waals surface area contributed by atoms with Gasteiger partial charge < -0.3 is 15.4 Å². The first kappa shape index (κ1) is 14.8. The van der Waals surface area contributed by atoms with Gasteiger partial charge in [0.25, 0.3) is 0 Å².